The van der Waals surface area contributed by atoms with E-state index in [-0.39, 0.29) is 31.1 Å². The summed E-state index contributed by atoms with van der Waals surface area (Å²) in [7, 11) is 0. The Balaban J connectivity index is 4.06. The van der Waals surface area contributed by atoms with Crippen LogP contribution in [0.3, 0.4) is 0 Å². The van der Waals surface area contributed by atoms with Crippen LogP contribution in [0.4, 0.5) is 0 Å². The Kier molecular flexibility index (Phi) is 61.7. The molecule has 0 saturated carbocycles. The standard InChI is InChI=1S/C70H124O6/c1-4-7-10-13-16-19-22-24-26-27-28-29-30-31-32-33-34-35-36-37-38-39-40-41-42-43-45-46-48-51-54-57-60-63-69(72)75-66-67(65-74-68(71)62-59-56-53-50-21-18-15-12-9-6-3)76-70(73)64-61-58-55-52-49-47-44-25-23-20-17-14-11-8-5-2/h7,10,16-17,19-20,24-26,28-29,44,67H,4-6,8-9,11-15,18,21-23,27,30-43,45-66H2,1-3H3/b10-7-,19-16-,20-17-,26-24-,29-28-,44-25-. The highest BCUT2D eigenvalue weighted by Crippen LogP contribution is 2.17. The first-order valence-corrected chi connectivity index (χ1v) is 32.9. The summed E-state index contributed by atoms with van der Waals surface area (Å²) in [4.78, 5) is 38.2. The van der Waals surface area contributed by atoms with Gasteiger partial charge in [-0.25, -0.2) is 0 Å². The van der Waals surface area contributed by atoms with Crippen molar-refractivity contribution in [3.63, 3.8) is 0 Å². The van der Waals surface area contributed by atoms with Crippen molar-refractivity contribution in [3.05, 3.63) is 72.9 Å². The second kappa shape index (κ2) is 64.4. The highest BCUT2D eigenvalue weighted by molar-refractivity contribution is 5.71. The van der Waals surface area contributed by atoms with Gasteiger partial charge in [-0.1, -0.05) is 299 Å². The van der Waals surface area contributed by atoms with Gasteiger partial charge in [-0.05, 0) is 89.9 Å². The molecule has 0 aliphatic carbocycles. The van der Waals surface area contributed by atoms with Gasteiger partial charge in [0.1, 0.15) is 13.2 Å². The van der Waals surface area contributed by atoms with Gasteiger partial charge in [0.2, 0.25) is 0 Å². The molecule has 1 unspecified atom stereocenters. The third-order valence-corrected chi connectivity index (χ3v) is 14.4. The number of rotatable bonds is 60. The van der Waals surface area contributed by atoms with Crippen molar-refractivity contribution in [2.75, 3.05) is 13.2 Å². The summed E-state index contributed by atoms with van der Waals surface area (Å²) >= 11 is 0. The molecule has 0 aromatic heterocycles. The van der Waals surface area contributed by atoms with Crippen molar-refractivity contribution in [1.82, 2.24) is 0 Å². The Hall–Kier alpha value is -3.15. The van der Waals surface area contributed by atoms with Gasteiger partial charge in [0.15, 0.2) is 6.10 Å². The van der Waals surface area contributed by atoms with Crippen molar-refractivity contribution >= 4 is 17.9 Å². The molecule has 6 heteroatoms. The first-order chi connectivity index (χ1) is 37.5. The quantitative estimate of drug-likeness (QED) is 0.0261. The van der Waals surface area contributed by atoms with E-state index in [2.05, 4.69) is 93.7 Å². The van der Waals surface area contributed by atoms with Gasteiger partial charge in [0, 0.05) is 19.3 Å². The molecule has 0 bridgehead atoms. The minimum Gasteiger partial charge on any atom is -0.462 e. The van der Waals surface area contributed by atoms with Crippen LogP contribution in [0.25, 0.3) is 0 Å². The number of hydrogen-bond acceptors (Lipinski definition) is 6. The minimum absolute atomic E-state index is 0.0758. The maximum Gasteiger partial charge on any atom is 0.306 e. The number of esters is 3. The molecule has 0 aromatic carbocycles. The molecule has 0 aliphatic heterocycles. The molecule has 0 aromatic rings. The van der Waals surface area contributed by atoms with Gasteiger partial charge in [0.25, 0.3) is 0 Å². The fraction of sp³-hybridized carbons (Fsp3) is 0.786. The minimum atomic E-state index is -0.778. The molecule has 0 fully saturated rings. The third kappa shape index (κ3) is 61.7. The number of allylic oxidation sites excluding steroid dienone is 12. The lowest BCUT2D eigenvalue weighted by Crippen LogP contribution is -2.30. The van der Waals surface area contributed by atoms with Gasteiger partial charge in [-0.3, -0.25) is 14.4 Å². The van der Waals surface area contributed by atoms with E-state index in [1.165, 1.54) is 186 Å². The lowest BCUT2D eigenvalue weighted by Gasteiger charge is -2.18. The summed E-state index contributed by atoms with van der Waals surface area (Å²) in [5.74, 6) is -0.875. The first-order valence-electron chi connectivity index (χ1n) is 32.9. The maximum atomic E-state index is 12.9. The zero-order valence-electron chi connectivity index (χ0n) is 50.5. The predicted molar refractivity (Wildman–Crippen MR) is 330 cm³/mol. The molecule has 0 amide bonds. The van der Waals surface area contributed by atoms with Crippen LogP contribution in [0.5, 0.6) is 0 Å². The van der Waals surface area contributed by atoms with Gasteiger partial charge in [-0.15, -0.1) is 0 Å². The number of unbranched alkanes of at least 4 members (excludes halogenated alkanes) is 37. The van der Waals surface area contributed by atoms with Crippen molar-refractivity contribution in [2.24, 2.45) is 0 Å². The summed E-state index contributed by atoms with van der Waals surface area (Å²) in [6, 6.07) is 0. The van der Waals surface area contributed by atoms with Crippen molar-refractivity contribution in [2.45, 2.75) is 341 Å². The van der Waals surface area contributed by atoms with E-state index in [9.17, 15) is 14.4 Å². The Bertz CT molecular complexity index is 1400. The molecule has 0 N–H and O–H groups in total. The van der Waals surface area contributed by atoms with Crippen LogP contribution in [0.15, 0.2) is 72.9 Å². The van der Waals surface area contributed by atoms with Crippen LogP contribution in [-0.4, -0.2) is 37.2 Å². The number of hydrogen-bond donors (Lipinski definition) is 0. The highest BCUT2D eigenvalue weighted by atomic mass is 16.6. The molecule has 440 valence electrons. The second-order valence-corrected chi connectivity index (χ2v) is 22.0. The van der Waals surface area contributed by atoms with Gasteiger partial charge in [-0.2, -0.15) is 0 Å². The molecule has 6 nitrogen and oxygen atoms in total. The van der Waals surface area contributed by atoms with Crippen LogP contribution < -0.4 is 0 Å². The van der Waals surface area contributed by atoms with E-state index in [0.717, 1.165) is 109 Å². The SMILES string of the molecule is CC/C=C\C/C=C\C/C=C\C/C=C\CCCCCCCCCCCCCCCCCCCCCCC(=O)OCC(COC(=O)CCCCCCCCCCCC)OC(=O)CCCCCCC/C=C\C/C=C\CCCCC. The molecule has 0 radical (unpaired) electrons. The zero-order chi connectivity index (χ0) is 55.0. The van der Waals surface area contributed by atoms with E-state index in [1.54, 1.807) is 0 Å². The molecule has 1 atom stereocenters. The summed E-state index contributed by atoms with van der Waals surface area (Å²) in [6.45, 7) is 6.51. The molecule has 76 heavy (non-hydrogen) atoms. The van der Waals surface area contributed by atoms with E-state index in [4.69, 9.17) is 14.2 Å². The molecular weight excluding hydrogens is 937 g/mol. The molecule has 0 aliphatic rings. The normalized spacial score (nSPS) is 12.5. The van der Waals surface area contributed by atoms with Crippen LogP contribution >= 0.6 is 0 Å². The molecular formula is C70H124O6. The Morgan fingerprint density at radius 1 is 0.276 bits per heavy atom. The number of carbonyl (C=O) groups is 3. The highest BCUT2D eigenvalue weighted by Gasteiger charge is 2.19. The predicted octanol–water partition coefficient (Wildman–Crippen LogP) is 22.5. The van der Waals surface area contributed by atoms with E-state index >= 15 is 0 Å². The lowest BCUT2D eigenvalue weighted by molar-refractivity contribution is -0.167. The molecule has 0 rings (SSSR count). The van der Waals surface area contributed by atoms with E-state index < -0.39 is 6.10 Å². The fourth-order valence-corrected chi connectivity index (χ4v) is 9.53. The van der Waals surface area contributed by atoms with Crippen LogP contribution in [0.1, 0.15) is 335 Å². The maximum absolute atomic E-state index is 12.9. The van der Waals surface area contributed by atoms with Crippen molar-refractivity contribution in [3.8, 4) is 0 Å². The van der Waals surface area contributed by atoms with Crippen molar-refractivity contribution < 1.29 is 28.6 Å². The lowest BCUT2D eigenvalue weighted by atomic mass is 10.0. The van der Waals surface area contributed by atoms with Gasteiger partial charge < -0.3 is 14.2 Å². The summed E-state index contributed by atoms with van der Waals surface area (Å²) in [5, 5.41) is 0. The first kappa shape index (κ1) is 72.8. The van der Waals surface area contributed by atoms with E-state index in [1.807, 2.05) is 0 Å². The second-order valence-electron chi connectivity index (χ2n) is 22.0. The fourth-order valence-electron chi connectivity index (χ4n) is 9.53. The van der Waals surface area contributed by atoms with Crippen LogP contribution in [-0.2, 0) is 28.6 Å². The largest absolute Gasteiger partial charge is 0.462 e. The summed E-state index contributed by atoms with van der Waals surface area (Å²) in [5.41, 5.74) is 0. The van der Waals surface area contributed by atoms with Crippen LogP contribution in [0, 0.1) is 0 Å². The smallest absolute Gasteiger partial charge is 0.306 e. The van der Waals surface area contributed by atoms with Gasteiger partial charge >= 0.3 is 17.9 Å². The monoisotopic (exact) mass is 1060 g/mol. The average Bonchev–Trinajstić information content (AvgIpc) is 3.42. The Labute approximate surface area is 472 Å². The molecule has 0 spiro atoms. The molecule has 0 saturated heterocycles. The third-order valence-electron chi connectivity index (χ3n) is 14.4. The summed E-state index contributed by atoms with van der Waals surface area (Å²) in [6.07, 6.45) is 83.7. The zero-order valence-corrected chi connectivity index (χ0v) is 50.5. The van der Waals surface area contributed by atoms with E-state index in [0.29, 0.717) is 19.3 Å². The van der Waals surface area contributed by atoms with Crippen LogP contribution in [0.2, 0.25) is 0 Å². The molecule has 0 heterocycles. The number of ether oxygens (including phenoxy) is 3. The Morgan fingerprint density at radius 2 is 0.513 bits per heavy atom. The number of carbonyl (C=O) groups excluding carboxylic acids is 3. The Morgan fingerprint density at radius 3 is 0.829 bits per heavy atom. The topological polar surface area (TPSA) is 78.9 Å². The summed E-state index contributed by atoms with van der Waals surface area (Å²) < 4.78 is 16.9. The van der Waals surface area contributed by atoms with Crippen molar-refractivity contribution in [1.29, 1.82) is 0 Å². The van der Waals surface area contributed by atoms with Gasteiger partial charge in [0.05, 0.1) is 0 Å². The average molecular weight is 1060 g/mol.